The summed E-state index contributed by atoms with van der Waals surface area (Å²) >= 11 is 0. The van der Waals surface area contributed by atoms with Gasteiger partial charge in [-0.05, 0) is 18.6 Å². The highest BCUT2D eigenvalue weighted by atomic mass is 16.6. The number of aliphatic hydroxyl groups is 1. The van der Waals surface area contributed by atoms with Crippen LogP contribution in [0.4, 0.5) is 11.4 Å². The molecule has 0 saturated heterocycles. The summed E-state index contributed by atoms with van der Waals surface area (Å²) in [5.41, 5.74) is 5.41. The van der Waals surface area contributed by atoms with E-state index in [9.17, 15) is 14.9 Å². The summed E-state index contributed by atoms with van der Waals surface area (Å²) < 4.78 is 0. The molecule has 1 rings (SSSR count). The molecule has 0 radical (unpaired) electrons. The number of hydrogen-bond donors (Lipinski definition) is 2. The minimum Gasteiger partial charge on any atom is -0.395 e. The second kappa shape index (κ2) is 6.69. The predicted octanol–water partition coefficient (Wildman–Crippen LogP) is 1.02. The number of nitrogens with zero attached hydrogens (tertiary/aromatic N) is 2. The van der Waals surface area contributed by atoms with Crippen LogP contribution >= 0.6 is 0 Å². The number of nitrogens with two attached hydrogens (primary N) is 1. The van der Waals surface area contributed by atoms with Crippen LogP contribution in [0, 0.1) is 10.1 Å². The summed E-state index contributed by atoms with van der Waals surface area (Å²) in [6.45, 7) is 2.44. The molecular weight excluding hydrogens is 250 g/mol. The van der Waals surface area contributed by atoms with E-state index in [1.165, 1.54) is 17.0 Å². The van der Waals surface area contributed by atoms with E-state index in [0.29, 0.717) is 6.54 Å². The van der Waals surface area contributed by atoms with Gasteiger partial charge in [0.2, 0.25) is 0 Å². The maximum Gasteiger partial charge on any atom is 0.292 e. The molecule has 104 valence electrons. The molecule has 7 heteroatoms. The number of aliphatic hydroxyl groups excluding tert-OH is 1. The maximum absolute atomic E-state index is 12.2. The van der Waals surface area contributed by atoms with Crippen LogP contribution < -0.4 is 5.73 Å². The van der Waals surface area contributed by atoms with Crippen molar-refractivity contribution in [1.29, 1.82) is 0 Å². The summed E-state index contributed by atoms with van der Waals surface area (Å²) in [5, 5.41) is 19.7. The normalized spacial score (nSPS) is 10.2. The van der Waals surface area contributed by atoms with Crippen molar-refractivity contribution < 1.29 is 14.8 Å². The van der Waals surface area contributed by atoms with Gasteiger partial charge in [0.25, 0.3) is 11.6 Å². The molecule has 0 unspecified atom stereocenters. The van der Waals surface area contributed by atoms with Crippen molar-refractivity contribution in [3.63, 3.8) is 0 Å². The molecule has 1 aromatic carbocycles. The first-order valence-corrected chi connectivity index (χ1v) is 5.95. The van der Waals surface area contributed by atoms with Crippen molar-refractivity contribution in [2.45, 2.75) is 13.3 Å². The predicted molar refractivity (Wildman–Crippen MR) is 70.8 cm³/mol. The zero-order valence-corrected chi connectivity index (χ0v) is 10.7. The zero-order valence-electron chi connectivity index (χ0n) is 10.7. The Morgan fingerprint density at radius 1 is 1.47 bits per heavy atom. The van der Waals surface area contributed by atoms with Crippen molar-refractivity contribution in [2.75, 3.05) is 25.4 Å². The first-order chi connectivity index (χ1) is 9.01. The molecule has 0 fully saturated rings. The number of carbonyl (C=O) groups excluding carboxylic acids is 1. The minimum atomic E-state index is -0.623. The number of amides is 1. The molecule has 7 nitrogen and oxygen atoms in total. The van der Waals surface area contributed by atoms with Gasteiger partial charge >= 0.3 is 0 Å². The highest BCUT2D eigenvalue weighted by Crippen LogP contribution is 2.23. The molecule has 0 bridgehead atoms. The van der Waals surface area contributed by atoms with Crippen LogP contribution in [-0.2, 0) is 0 Å². The Bertz CT molecular complexity index is 470. The molecule has 1 aromatic rings. The Morgan fingerprint density at radius 2 is 2.16 bits per heavy atom. The van der Waals surface area contributed by atoms with Crippen LogP contribution in [0.25, 0.3) is 0 Å². The summed E-state index contributed by atoms with van der Waals surface area (Å²) in [7, 11) is 0. The Kier molecular flexibility index (Phi) is 5.25. The smallest absolute Gasteiger partial charge is 0.292 e. The third kappa shape index (κ3) is 3.65. The van der Waals surface area contributed by atoms with Crippen molar-refractivity contribution in [3.05, 3.63) is 33.9 Å². The van der Waals surface area contributed by atoms with Crippen molar-refractivity contribution in [1.82, 2.24) is 4.90 Å². The molecule has 0 aliphatic heterocycles. The van der Waals surface area contributed by atoms with Crippen LogP contribution in [0.15, 0.2) is 18.2 Å². The van der Waals surface area contributed by atoms with Crippen molar-refractivity contribution >= 4 is 17.3 Å². The van der Waals surface area contributed by atoms with E-state index in [0.717, 1.165) is 12.5 Å². The molecular formula is C12H17N3O4. The van der Waals surface area contributed by atoms with E-state index < -0.39 is 4.92 Å². The van der Waals surface area contributed by atoms with Gasteiger partial charge in [0.1, 0.15) is 5.69 Å². The first kappa shape index (κ1) is 14.9. The van der Waals surface area contributed by atoms with E-state index >= 15 is 0 Å². The van der Waals surface area contributed by atoms with Gasteiger partial charge in [-0.3, -0.25) is 14.9 Å². The second-order valence-electron chi connectivity index (χ2n) is 4.05. The van der Waals surface area contributed by atoms with Gasteiger partial charge in [0.05, 0.1) is 11.5 Å². The van der Waals surface area contributed by atoms with E-state index in [-0.39, 0.29) is 36.0 Å². The number of benzene rings is 1. The Morgan fingerprint density at radius 3 is 2.68 bits per heavy atom. The van der Waals surface area contributed by atoms with Gasteiger partial charge in [-0.1, -0.05) is 6.92 Å². The van der Waals surface area contributed by atoms with Gasteiger partial charge in [-0.25, -0.2) is 0 Å². The fraction of sp³-hybridized carbons (Fsp3) is 0.417. The topological polar surface area (TPSA) is 110 Å². The molecule has 0 heterocycles. The number of anilines is 1. The van der Waals surface area contributed by atoms with Crippen LogP contribution in [0.1, 0.15) is 23.7 Å². The third-order valence-electron chi connectivity index (χ3n) is 2.62. The monoisotopic (exact) mass is 267 g/mol. The molecule has 1 amide bonds. The van der Waals surface area contributed by atoms with Gasteiger partial charge in [-0.2, -0.15) is 0 Å². The summed E-state index contributed by atoms with van der Waals surface area (Å²) in [6.07, 6.45) is 0.739. The van der Waals surface area contributed by atoms with E-state index in [2.05, 4.69) is 0 Å². The van der Waals surface area contributed by atoms with Crippen molar-refractivity contribution in [2.24, 2.45) is 0 Å². The Hall–Kier alpha value is -2.15. The quantitative estimate of drug-likeness (QED) is 0.454. The molecule has 0 saturated carbocycles. The molecule has 0 atom stereocenters. The van der Waals surface area contributed by atoms with Gasteiger partial charge in [-0.15, -0.1) is 0 Å². The SMILES string of the molecule is CCCN(CCO)C(=O)c1ccc(N)c([N+](=O)[O-])c1. The largest absolute Gasteiger partial charge is 0.395 e. The zero-order chi connectivity index (χ0) is 14.4. The number of hydrogen-bond acceptors (Lipinski definition) is 5. The van der Waals surface area contributed by atoms with Gasteiger partial charge in [0.15, 0.2) is 0 Å². The first-order valence-electron chi connectivity index (χ1n) is 5.95. The molecule has 0 spiro atoms. The Balaban J connectivity index is 3.04. The standard InChI is InChI=1S/C12H17N3O4/c1-2-5-14(6-7-16)12(17)9-3-4-10(13)11(8-9)15(18)19/h3-4,8,16H,2,5-7,13H2,1H3. The van der Waals surface area contributed by atoms with Crippen LogP contribution in [0.5, 0.6) is 0 Å². The minimum absolute atomic E-state index is 0.0192. The number of nitro benzene ring substituents is 1. The number of nitrogen functional groups attached to an aromatic ring is 1. The van der Waals surface area contributed by atoms with Crippen LogP contribution in [0.3, 0.4) is 0 Å². The lowest BCUT2D eigenvalue weighted by atomic mass is 10.1. The fourth-order valence-electron chi connectivity index (χ4n) is 1.72. The van der Waals surface area contributed by atoms with E-state index in [4.69, 9.17) is 10.8 Å². The van der Waals surface area contributed by atoms with Crippen LogP contribution in [-0.4, -0.2) is 40.5 Å². The second-order valence-corrected chi connectivity index (χ2v) is 4.05. The highest BCUT2D eigenvalue weighted by molar-refractivity contribution is 5.95. The summed E-state index contributed by atoms with van der Waals surface area (Å²) in [6, 6.07) is 3.96. The average molecular weight is 267 g/mol. The number of carbonyl (C=O) groups is 1. The molecule has 3 N–H and O–H groups in total. The van der Waals surface area contributed by atoms with Gasteiger partial charge < -0.3 is 15.7 Å². The molecule has 0 aromatic heterocycles. The molecule has 0 aliphatic carbocycles. The lowest BCUT2D eigenvalue weighted by Gasteiger charge is -2.21. The van der Waals surface area contributed by atoms with Crippen LogP contribution in [0.2, 0.25) is 0 Å². The lowest BCUT2D eigenvalue weighted by Crippen LogP contribution is -2.34. The summed E-state index contributed by atoms with van der Waals surface area (Å²) in [4.78, 5) is 23.8. The molecule has 19 heavy (non-hydrogen) atoms. The maximum atomic E-state index is 12.2. The average Bonchev–Trinajstić information content (AvgIpc) is 2.38. The molecule has 0 aliphatic rings. The van der Waals surface area contributed by atoms with Crippen molar-refractivity contribution in [3.8, 4) is 0 Å². The lowest BCUT2D eigenvalue weighted by molar-refractivity contribution is -0.383. The third-order valence-corrected chi connectivity index (χ3v) is 2.62. The number of nitro groups is 1. The van der Waals surface area contributed by atoms with E-state index in [1.54, 1.807) is 0 Å². The highest BCUT2D eigenvalue weighted by Gasteiger charge is 2.19. The fourth-order valence-corrected chi connectivity index (χ4v) is 1.72. The Labute approximate surface area is 110 Å². The summed E-state index contributed by atoms with van der Waals surface area (Å²) in [5.74, 6) is -0.348. The number of rotatable bonds is 6. The van der Waals surface area contributed by atoms with E-state index in [1.807, 2.05) is 6.92 Å². The van der Waals surface area contributed by atoms with Gasteiger partial charge in [0, 0.05) is 24.7 Å².